The number of nitrogens with one attached hydrogen (secondary N) is 2. The number of methoxy groups -OCH3 is 1. The molecule has 7 heteroatoms. The molecule has 1 heterocycles. The second kappa shape index (κ2) is 8.71. The van der Waals surface area contributed by atoms with E-state index in [2.05, 4.69) is 15.3 Å². The van der Waals surface area contributed by atoms with Crippen LogP contribution in [-0.4, -0.2) is 29.6 Å². The molecule has 0 bridgehead atoms. The minimum atomic E-state index is -0.282. The molecular formula is C24H21N3O4. The van der Waals surface area contributed by atoms with Gasteiger partial charge in [0.05, 0.1) is 18.0 Å². The molecule has 4 rings (SSSR count). The van der Waals surface area contributed by atoms with E-state index in [1.807, 2.05) is 37.3 Å². The fourth-order valence-electron chi connectivity index (χ4n) is 3.13. The van der Waals surface area contributed by atoms with E-state index in [4.69, 9.17) is 9.47 Å². The second-order valence-electron chi connectivity index (χ2n) is 7.00. The standard InChI is InChI=1S/C24H21N3O4/c1-15-7-10-17(11-8-15)25-22(28)14-31-20-12-9-16(13-21(20)30-2)23-26-19-6-4-3-5-18(19)24(29)27-23/h3-13H,14H2,1-2H3,(H,25,28)(H,26,27,29). The van der Waals surface area contributed by atoms with Crippen molar-refractivity contribution in [3.63, 3.8) is 0 Å². The topological polar surface area (TPSA) is 93.3 Å². The summed E-state index contributed by atoms with van der Waals surface area (Å²) in [5.41, 5.74) is 2.87. The summed E-state index contributed by atoms with van der Waals surface area (Å²) >= 11 is 0. The Morgan fingerprint density at radius 1 is 1.03 bits per heavy atom. The SMILES string of the molecule is COc1cc(-c2nc3ccccc3c(=O)[nH]2)ccc1OCC(=O)Nc1ccc(C)cc1. The molecule has 1 aromatic heterocycles. The van der Waals surface area contributed by atoms with E-state index in [0.29, 0.717) is 39.5 Å². The van der Waals surface area contributed by atoms with Crippen molar-refractivity contribution in [3.8, 4) is 22.9 Å². The van der Waals surface area contributed by atoms with Gasteiger partial charge in [-0.15, -0.1) is 0 Å². The minimum absolute atomic E-state index is 0.172. The predicted octanol–water partition coefficient (Wildman–Crippen LogP) is 3.92. The van der Waals surface area contributed by atoms with Crippen molar-refractivity contribution >= 4 is 22.5 Å². The third-order valence-corrected chi connectivity index (χ3v) is 4.74. The van der Waals surface area contributed by atoms with Crippen LogP contribution in [0.15, 0.2) is 71.5 Å². The van der Waals surface area contributed by atoms with Crippen LogP contribution >= 0.6 is 0 Å². The highest BCUT2D eigenvalue weighted by Crippen LogP contribution is 2.31. The fourth-order valence-corrected chi connectivity index (χ4v) is 3.13. The van der Waals surface area contributed by atoms with Crippen molar-refractivity contribution in [2.24, 2.45) is 0 Å². The van der Waals surface area contributed by atoms with Crippen molar-refractivity contribution < 1.29 is 14.3 Å². The number of aromatic amines is 1. The van der Waals surface area contributed by atoms with Crippen molar-refractivity contribution in [3.05, 3.63) is 82.6 Å². The summed E-state index contributed by atoms with van der Waals surface area (Å²) in [7, 11) is 1.51. The monoisotopic (exact) mass is 415 g/mol. The van der Waals surface area contributed by atoms with Gasteiger partial charge in [0.2, 0.25) is 0 Å². The zero-order valence-corrected chi connectivity index (χ0v) is 17.1. The van der Waals surface area contributed by atoms with E-state index in [1.165, 1.54) is 7.11 Å². The number of aryl methyl sites for hydroxylation is 1. The van der Waals surface area contributed by atoms with Gasteiger partial charge >= 0.3 is 0 Å². The van der Waals surface area contributed by atoms with E-state index in [-0.39, 0.29) is 18.1 Å². The Kier molecular flexibility index (Phi) is 5.66. The van der Waals surface area contributed by atoms with Crippen LogP contribution in [0.3, 0.4) is 0 Å². The first kappa shape index (κ1) is 20.2. The zero-order valence-electron chi connectivity index (χ0n) is 17.1. The highest BCUT2D eigenvalue weighted by atomic mass is 16.5. The number of benzene rings is 3. The summed E-state index contributed by atoms with van der Waals surface area (Å²) in [5, 5.41) is 3.31. The van der Waals surface area contributed by atoms with E-state index in [1.54, 1.807) is 36.4 Å². The Morgan fingerprint density at radius 3 is 2.58 bits per heavy atom. The molecule has 0 aliphatic rings. The molecule has 0 aliphatic carbocycles. The van der Waals surface area contributed by atoms with Crippen LogP contribution in [0.2, 0.25) is 0 Å². The Balaban J connectivity index is 1.51. The lowest BCUT2D eigenvalue weighted by Crippen LogP contribution is -2.20. The number of para-hydroxylation sites is 1. The first-order chi connectivity index (χ1) is 15.0. The largest absolute Gasteiger partial charge is 0.493 e. The maximum Gasteiger partial charge on any atom is 0.262 e. The molecule has 31 heavy (non-hydrogen) atoms. The molecule has 7 nitrogen and oxygen atoms in total. The molecule has 0 fully saturated rings. The molecule has 0 atom stereocenters. The van der Waals surface area contributed by atoms with Crippen LogP contribution in [0, 0.1) is 6.92 Å². The number of anilines is 1. The average molecular weight is 415 g/mol. The number of fused-ring (bicyclic) bond motifs is 1. The van der Waals surface area contributed by atoms with Crippen molar-refractivity contribution in [2.75, 3.05) is 19.0 Å². The van der Waals surface area contributed by atoms with E-state index >= 15 is 0 Å². The number of carbonyl (C=O) groups excluding carboxylic acids is 1. The molecule has 0 unspecified atom stereocenters. The van der Waals surface area contributed by atoms with Gasteiger partial charge in [-0.25, -0.2) is 4.98 Å². The number of carbonyl (C=O) groups is 1. The van der Waals surface area contributed by atoms with Gasteiger partial charge in [-0.3, -0.25) is 9.59 Å². The lowest BCUT2D eigenvalue weighted by molar-refractivity contribution is -0.118. The molecule has 3 aromatic carbocycles. The van der Waals surface area contributed by atoms with Crippen molar-refractivity contribution in [1.82, 2.24) is 9.97 Å². The molecule has 156 valence electrons. The Hall–Kier alpha value is -4.13. The first-order valence-corrected chi connectivity index (χ1v) is 9.70. The van der Waals surface area contributed by atoms with Gasteiger partial charge in [-0.1, -0.05) is 29.8 Å². The number of amides is 1. The average Bonchev–Trinajstić information content (AvgIpc) is 2.79. The van der Waals surface area contributed by atoms with Crippen LogP contribution < -0.4 is 20.3 Å². The maximum atomic E-state index is 12.3. The quantitative estimate of drug-likeness (QED) is 0.498. The molecular weight excluding hydrogens is 394 g/mol. The van der Waals surface area contributed by atoms with Gasteiger partial charge in [0.25, 0.3) is 11.5 Å². The van der Waals surface area contributed by atoms with Crippen molar-refractivity contribution in [2.45, 2.75) is 6.92 Å². The number of hydrogen-bond acceptors (Lipinski definition) is 5. The third-order valence-electron chi connectivity index (χ3n) is 4.74. The normalized spacial score (nSPS) is 10.6. The number of hydrogen-bond donors (Lipinski definition) is 2. The summed E-state index contributed by atoms with van der Waals surface area (Å²) in [6, 6.07) is 19.8. The number of ether oxygens (including phenoxy) is 2. The van der Waals surface area contributed by atoms with Gasteiger partial charge < -0.3 is 19.8 Å². The first-order valence-electron chi connectivity index (χ1n) is 9.70. The van der Waals surface area contributed by atoms with Crippen molar-refractivity contribution in [1.29, 1.82) is 0 Å². The molecule has 0 saturated carbocycles. The Labute approximate surface area is 178 Å². The summed E-state index contributed by atoms with van der Waals surface area (Å²) in [5.74, 6) is 0.978. The Morgan fingerprint density at radius 2 is 1.81 bits per heavy atom. The summed E-state index contributed by atoms with van der Waals surface area (Å²) in [6.07, 6.45) is 0. The van der Waals surface area contributed by atoms with Crippen LogP contribution in [0.25, 0.3) is 22.3 Å². The third kappa shape index (κ3) is 4.56. The van der Waals surface area contributed by atoms with Crippen LogP contribution in [0.1, 0.15) is 5.56 Å². The van der Waals surface area contributed by atoms with Gasteiger partial charge in [-0.2, -0.15) is 0 Å². The van der Waals surface area contributed by atoms with Gasteiger partial charge in [0.15, 0.2) is 18.1 Å². The summed E-state index contributed by atoms with van der Waals surface area (Å²) < 4.78 is 11.1. The number of nitrogens with zero attached hydrogens (tertiary/aromatic N) is 1. The molecule has 0 saturated heterocycles. The molecule has 4 aromatic rings. The molecule has 0 spiro atoms. The second-order valence-corrected chi connectivity index (χ2v) is 7.00. The maximum absolute atomic E-state index is 12.3. The fraction of sp³-hybridized carbons (Fsp3) is 0.125. The molecule has 2 N–H and O–H groups in total. The smallest absolute Gasteiger partial charge is 0.262 e. The number of H-pyrrole nitrogens is 1. The van der Waals surface area contributed by atoms with Crippen LogP contribution in [0.4, 0.5) is 5.69 Å². The van der Waals surface area contributed by atoms with E-state index < -0.39 is 0 Å². The predicted molar refractivity (Wildman–Crippen MR) is 120 cm³/mol. The lowest BCUT2D eigenvalue weighted by atomic mass is 10.1. The zero-order chi connectivity index (χ0) is 21.8. The molecule has 0 radical (unpaired) electrons. The number of aromatic nitrogens is 2. The minimum Gasteiger partial charge on any atom is -0.493 e. The summed E-state index contributed by atoms with van der Waals surface area (Å²) in [4.78, 5) is 31.9. The number of rotatable bonds is 6. The van der Waals surface area contributed by atoms with Gasteiger partial charge in [0.1, 0.15) is 5.82 Å². The van der Waals surface area contributed by atoms with Gasteiger partial charge in [-0.05, 0) is 49.4 Å². The highest BCUT2D eigenvalue weighted by molar-refractivity contribution is 5.91. The lowest BCUT2D eigenvalue weighted by Gasteiger charge is -2.12. The van der Waals surface area contributed by atoms with E-state index in [9.17, 15) is 9.59 Å². The summed E-state index contributed by atoms with van der Waals surface area (Å²) in [6.45, 7) is 1.81. The van der Waals surface area contributed by atoms with Gasteiger partial charge in [0, 0.05) is 11.3 Å². The van der Waals surface area contributed by atoms with E-state index in [0.717, 1.165) is 5.56 Å². The van der Waals surface area contributed by atoms with Crippen LogP contribution in [-0.2, 0) is 4.79 Å². The highest BCUT2D eigenvalue weighted by Gasteiger charge is 2.12. The molecule has 1 amide bonds. The Bertz CT molecular complexity index is 1300. The molecule has 0 aliphatic heterocycles. The van der Waals surface area contributed by atoms with Crippen LogP contribution in [0.5, 0.6) is 11.5 Å².